The topological polar surface area (TPSA) is 75.1 Å². The fourth-order valence-corrected chi connectivity index (χ4v) is 1.13. The molecule has 2 N–H and O–H groups in total. The van der Waals surface area contributed by atoms with Crippen molar-refractivity contribution >= 4 is 23.4 Å². The van der Waals surface area contributed by atoms with Crippen LogP contribution >= 0.6 is 11.6 Å². The number of anilines is 1. The van der Waals surface area contributed by atoms with E-state index in [0.717, 1.165) is 0 Å². The van der Waals surface area contributed by atoms with Gasteiger partial charge in [-0.3, -0.25) is 0 Å². The highest BCUT2D eigenvalue weighted by Gasteiger charge is 2.16. The Balaban J connectivity index is 3.07. The van der Waals surface area contributed by atoms with Crippen LogP contribution in [0.4, 0.5) is 5.82 Å². The minimum atomic E-state index is -1.18. The normalized spacial score (nSPS) is 10.6. The lowest BCUT2D eigenvalue weighted by Gasteiger charge is -2.20. The van der Waals surface area contributed by atoms with Gasteiger partial charge in [-0.05, 0) is 25.4 Å². The lowest BCUT2D eigenvalue weighted by atomic mass is 10.1. The van der Waals surface area contributed by atoms with Gasteiger partial charge in [0.05, 0.1) is 5.54 Å². The first-order valence-electron chi connectivity index (χ1n) is 4.38. The number of carbonyl (C=O) groups is 1. The Morgan fingerprint density at radius 2 is 2.25 bits per heavy atom. The molecule has 0 aliphatic rings. The summed E-state index contributed by atoms with van der Waals surface area (Å²) in [6, 6.07) is 1.27. The van der Waals surface area contributed by atoms with Gasteiger partial charge in [-0.15, -0.1) is 6.42 Å². The van der Waals surface area contributed by atoms with Crippen molar-refractivity contribution in [1.29, 1.82) is 0 Å². The van der Waals surface area contributed by atoms with Gasteiger partial charge >= 0.3 is 5.97 Å². The second-order valence-electron chi connectivity index (χ2n) is 3.61. The number of nitrogens with zero attached hydrogens (tertiary/aromatic N) is 2. The molecule has 84 valence electrons. The molecule has 1 rings (SSSR count). The van der Waals surface area contributed by atoms with E-state index in [1.807, 2.05) is 0 Å². The van der Waals surface area contributed by atoms with Crippen LogP contribution in [-0.4, -0.2) is 26.6 Å². The van der Waals surface area contributed by atoms with E-state index >= 15 is 0 Å². The maximum Gasteiger partial charge on any atom is 0.354 e. The molecule has 1 heterocycles. The van der Waals surface area contributed by atoms with E-state index in [0.29, 0.717) is 0 Å². The zero-order chi connectivity index (χ0) is 12.3. The van der Waals surface area contributed by atoms with Crippen LogP contribution < -0.4 is 5.32 Å². The highest BCUT2D eigenvalue weighted by atomic mass is 35.5. The zero-order valence-electron chi connectivity index (χ0n) is 8.78. The molecule has 1 aromatic heterocycles. The molecular formula is C10H10ClN3O2. The molecule has 0 saturated carbocycles. The third-order valence-electron chi connectivity index (χ3n) is 1.72. The maximum absolute atomic E-state index is 10.7. The molecule has 0 fully saturated rings. The predicted octanol–water partition coefficient (Wildman–Crippen LogP) is 1.65. The molecule has 0 aliphatic heterocycles. The minimum absolute atomic E-state index is 0.143. The van der Waals surface area contributed by atoms with Crippen molar-refractivity contribution < 1.29 is 9.90 Å². The highest BCUT2D eigenvalue weighted by Crippen LogP contribution is 2.15. The average molecular weight is 240 g/mol. The van der Waals surface area contributed by atoms with Crippen molar-refractivity contribution in [3.63, 3.8) is 0 Å². The summed E-state index contributed by atoms with van der Waals surface area (Å²) in [5.74, 6) is 1.60. The van der Waals surface area contributed by atoms with E-state index in [1.165, 1.54) is 6.07 Å². The second-order valence-corrected chi connectivity index (χ2v) is 3.95. The van der Waals surface area contributed by atoms with Crippen LogP contribution in [0.2, 0.25) is 5.28 Å². The summed E-state index contributed by atoms with van der Waals surface area (Å²) in [5.41, 5.74) is -0.830. The minimum Gasteiger partial charge on any atom is -0.477 e. The van der Waals surface area contributed by atoms with Crippen LogP contribution in [0.3, 0.4) is 0 Å². The van der Waals surface area contributed by atoms with Gasteiger partial charge in [0, 0.05) is 6.07 Å². The summed E-state index contributed by atoms with van der Waals surface area (Å²) in [7, 11) is 0. The summed E-state index contributed by atoms with van der Waals surface area (Å²) in [6.45, 7) is 3.51. The number of carboxylic acids is 1. The standard InChI is InChI=1S/C10H10ClN3O2/c1-4-10(2,3)14-7-5-6(8(15)16)12-9(11)13-7/h1,5H,2-3H3,(H,15,16)(H,12,13,14). The van der Waals surface area contributed by atoms with E-state index in [2.05, 4.69) is 21.2 Å². The molecule has 0 radical (unpaired) electrons. The molecule has 6 heteroatoms. The molecule has 0 aliphatic carbocycles. The lowest BCUT2D eigenvalue weighted by molar-refractivity contribution is 0.0690. The van der Waals surface area contributed by atoms with E-state index in [9.17, 15) is 4.79 Å². The number of hydrogen-bond donors (Lipinski definition) is 2. The first-order valence-corrected chi connectivity index (χ1v) is 4.76. The fraction of sp³-hybridized carbons (Fsp3) is 0.300. The Hall–Kier alpha value is -1.80. The molecule has 0 unspecified atom stereocenters. The van der Waals surface area contributed by atoms with Crippen LogP contribution in [-0.2, 0) is 0 Å². The van der Waals surface area contributed by atoms with E-state index in [1.54, 1.807) is 13.8 Å². The number of carboxylic acid groups (broad SMARTS) is 1. The van der Waals surface area contributed by atoms with Gasteiger partial charge in [0.25, 0.3) is 0 Å². The molecule has 1 aromatic rings. The second kappa shape index (κ2) is 4.37. The lowest BCUT2D eigenvalue weighted by Crippen LogP contribution is -2.29. The predicted molar refractivity (Wildman–Crippen MR) is 60.5 cm³/mol. The first-order chi connectivity index (χ1) is 7.34. The summed E-state index contributed by atoms with van der Waals surface area (Å²) in [6.07, 6.45) is 5.28. The summed E-state index contributed by atoms with van der Waals surface area (Å²) in [4.78, 5) is 18.1. The quantitative estimate of drug-likeness (QED) is 0.620. The SMILES string of the molecule is C#CC(C)(C)Nc1cc(C(=O)O)nc(Cl)n1. The molecule has 16 heavy (non-hydrogen) atoms. The fourth-order valence-electron chi connectivity index (χ4n) is 0.948. The van der Waals surface area contributed by atoms with Gasteiger partial charge in [0.2, 0.25) is 5.28 Å². The Morgan fingerprint density at radius 3 is 2.75 bits per heavy atom. The van der Waals surface area contributed by atoms with Crippen molar-refractivity contribution in [2.24, 2.45) is 0 Å². The van der Waals surface area contributed by atoms with E-state index < -0.39 is 11.5 Å². The molecule has 0 amide bonds. The number of aromatic carboxylic acids is 1. The maximum atomic E-state index is 10.7. The van der Waals surface area contributed by atoms with Crippen molar-refractivity contribution in [3.05, 3.63) is 17.0 Å². The van der Waals surface area contributed by atoms with Gasteiger partial charge in [0.15, 0.2) is 5.69 Å². The van der Waals surface area contributed by atoms with Gasteiger partial charge in [-0.1, -0.05) is 5.92 Å². The van der Waals surface area contributed by atoms with Crippen LogP contribution in [0.15, 0.2) is 6.07 Å². The van der Waals surface area contributed by atoms with Crippen molar-refractivity contribution in [1.82, 2.24) is 9.97 Å². The summed E-state index contributed by atoms with van der Waals surface area (Å²) in [5, 5.41) is 11.5. The molecule has 5 nitrogen and oxygen atoms in total. The average Bonchev–Trinajstić information content (AvgIpc) is 2.16. The number of terminal acetylenes is 1. The molecule has 0 bridgehead atoms. The van der Waals surface area contributed by atoms with Crippen molar-refractivity contribution in [3.8, 4) is 12.3 Å². The van der Waals surface area contributed by atoms with Gasteiger partial charge in [-0.25, -0.2) is 14.8 Å². The third-order valence-corrected chi connectivity index (χ3v) is 1.89. The number of hydrogen-bond acceptors (Lipinski definition) is 4. The van der Waals surface area contributed by atoms with Crippen LogP contribution in [0, 0.1) is 12.3 Å². The Morgan fingerprint density at radius 1 is 1.62 bits per heavy atom. The third kappa shape index (κ3) is 3.11. The molecule has 0 atom stereocenters. The smallest absolute Gasteiger partial charge is 0.354 e. The number of nitrogens with one attached hydrogen (secondary N) is 1. The largest absolute Gasteiger partial charge is 0.477 e. The number of rotatable bonds is 3. The van der Waals surface area contributed by atoms with Crippen LogP contribution in [0.25, 0.3) is 0 Å². The van der Waals surface area contributed by atoms with Gasteiger partial charge < -0.3 is 10.4 Å². The Kier molecular flexibility index (Phi) is 3.35. The Labute approximate surface area is 97.9 Å². The molecule has 0 saturated heterocycles. The first kappa shape index (κ1) is 12.3. The monoisotopic (exact) mass is 239 g/mol. The number of aromatic nitrogens is 2. The summed E-state index contributed by atoms with van der Waals surface area (Å²) < 4.78 is 0. The van der Waals surface area contributed by atoms with Crippen LogP contribution in [0.1, 0.15) is 24.3 Å². The molecular weight excluding hydrogens is 230 g/mol. The van der Waals surface area contributed by atoms with Crippen LogP contribution in [0.5, 0.6) is 0 Å². The number of halogens is 1. The van der Waals surface area contributed by atoms with Gasteiger partial charge in [-0.2, -0.15) is 0 Å². The zero-order valence-corrected chi connectivity index (χ0v) is 9.54. The van der Waals surface area contributed by atoms with E-state index in [4.69, 9.17) is 23.1 Å². The summed E-state index contributed by atoms with van der Waals surface area (Å²) >= 11 is 5.59. The van der Waals surface area contributed by atoms with Crippen molar-refractivity contribution in [2.75, 3.05) is 5.32 Å². The highest BCUT2D eigenvalue weighted by molar-refractivity contribution is 6.28. The van der Waals surface area contributed by atoms with Crippen molar-refractivity contribution in [2.45, 2.75) is 19.4 Å². The van der Waals surface area contributed by atoms with E-state index in [-0.39, 0.29) is 16.8 Å². The van der Waals surface area contributed by atoms with Gasteiger partial charge in [0.1, 0.15) is 5.82 Å². The molecule has 0 spiro atoms. The Bertz CT molecular complexity index is 466. The molecule has 0 aromatic carbocycles.